The summed E-state index contributed by atoms with van der Waals surface area (Å²) in [5.74, 6) is -0.0348. The van der Waals surface area contributed by atoms with Gasteiger partial charge in [-0.05, 0) is 32.9 Å². The third-order valence-electron chi connectivity index (χ3n) is 4.00. The summed E-state index contributed by atoms with van der Waals surface area (Å²) in [6.45, 7) is 5.34. The number of aromatic nitrogens is 1. The summed E-state index contributed by atoms with van der Waals surface area (Å²) in [5.41, 5.74) is 2.85. The fourth-order valence-electron chi connectivity index (χ4n) is 2.67. The minimum absolute atomic E-state index is 0.0222. The molecule has 0 aliphatic rings. The van der Waals surface area contributed by atoms with Gasteiger partial charge in [0.2, 0.25) is 5.89 Å². The van der Waals surface area contributed by atoms with E-state index in [4.69, 9.17) is 9.15 Å². The Morgan fingerprint density at radius 3 is 2.54 bits per heavy atom. The summed E-state index contributed by atoms with van der Waals surface area (Å²) in [6.07, 6.45) is 1.62. The van der Waals surface area contributed by atoms with Crippen molar-refractivity contribution < 1.29 is 18.7 Å². The van der Waals surface area contributed by atoms with E-state index in [0.29, 0.717) is 17.2 Å². The molecular formula is C22H22N2O4. The Kier molecular flexibility index (Phi) is 5.89. The van der Waals surface area contributed by atoms with Gasteiger partial charge in [0.1, 0.15) is 0 Å². The average molecular weight is 378 g/mol. The number of oxazole rings is 1. The second-order valence-electron chi connectivity index (χ2n) is 6.74. The first kappa shape index (κ1) is 19.4. The maximum absolute atomic E-state index is 12.5. The smallest absolute Gasteiger partial charge is 0.339 e. The standard InChI is InChI=1S/C22H22N2O4/c1-14(2)24-20(25)13-27-22(26)18-7-5-4-6-17(18)21-23-12-19(28-21)16-10-8-15(3)9-11-16/h4-12,14H,13H2,1-3H3,(H,24,25). The molecule has 1 aromatic heterocycles. The highest BCUT2D eigenvalue weighted by Gasteiger charge is 2.19. The quantitative estimate of drug-likeness (QED) is 0.656. The Bertz CT molecular complexity index is 974. The van der Waals surface area contributed by atoms with Gasteiger partial charge in [0.15, 0.2) is 12.4 Å². The molecular weight excluding hydrogens is 356 g/mol. The van der Waals surface area contributed by atoms with E-state index in [9.17, 15) is 9.59 Å². The molecule has 0 saturated heterocycles. The van der Waals surface area contributed by atoms with E-state index in [2.05, 4.69) is 10.3 Å². The second kappa shape index (κ2) is 8.52. The minimum Gasteiger partial charge on any atom is -0.452 e. The number of benzene rings is 2. The van der Waals surface area contributed by atoms with Crippen LogP contribution in [0.1, 0.15) is 29.8 Å². The number of carbonyl (C=O) groups excluding carboxylic acids is 2. The molecule has 3 rings (SSSR count). The molecule has 3 aromatic rings. The Balaban J connectivity index is 1.80. The lowest BCUT2D eigenvalue weighted by Crippen LogP contribution is -2.34. The molecule has 1 N–H and O–H groups in total. The molecule has 1 amide bonds. The zero-order valence-electron chi connectivity index (χ0n) is 16.1. The lowest BCUT2D eigenvalue weighted by atomic mass is 10.1. The van der Waals surface area contributed by atoms with Crippen LogP contribution in [-0.4, -0.2) is 29.5 Å². The second-order valence-corrected chi connectivity index (χ2v) is 6.74. The van der Waals surface area contributed by atoms with Gasteiger partial charge in [0.05, 0.1) is 17.3 Å². The Hall–Kier alpha value is -3.41. The van der Waals surface area contributed by atoms with Crippen LogP contribution in [0.4, 0.5) is 0 Å². The number of rotatable bonds is 6. The van der Waals surface area contributed by atoms with Crippen molar-refractivity contribution in [2.45, 2.75) is 26.8 Å². The van der Waals surface area contributed by atoms with Crippen LogP contribution in [0.2, 0.25) is 0 Å². The van der Waals surface area contributed by atoms with Gasteiger partial charge in [0.25, 0.3) is 5.91 Å². The van der Waals surface area contributed by atoms with Crippen LogP contribution >= 0.6 is 0 Å². The Labute approximate surface area is 163 Å². The highest BCUT2D eigenvalue weighted by Crippen LogP contribution is 2.28. The molecule has 0 atom stereocenters. The highest BCUT2D eigenvalue weighted by atomic mass is 16.5. The molecule has 0 saturated carbocycles. The number of hydrogen-bond donors (Lipinski definition) is 1. The van der Waals surface area contributed by atoms with Crippen molar-refractivity contribution in [1.29, 1.82) is 0 Å². The molecule has 0 bridgehead atoms. The normalized spacial score (nSPS) is 10.7. The van der Waals surface area contributed by atoms with Crippen molar-refractivity contribution in [3.63, 3.8) is 0 Å². The largest absolute Gasteiger partial charge is 0.452 e. The predicted molar refractivity (Wildman–Crippen MR) is 106 cm³/mol. The number of carbonyl (C=O) groups is 2. The molecule has 0 spiro atoms. The predicted octanol–water partition coefficient (Wildman–Crippen LogP) is 4.00. The van der Waals surface area contributed by atoms with Gasteiger partial charge in [-0.3, -0.25) is 4.79 Å². The first-order valence-corrected chi connectivity index (χ1v) is 9.03. The summed E-state index contributed by atoms with van der Waals surface area (Å²) in [6, 6.07) is 14.7. The number of nitrogens with zero attached hydrogens (tertiary/aromatic N) is 1. The van der Waals surface area contributed by atoms with Crippen LogP contribution in [0.3, 0.4) is 0 Å². The number of nitrogens with one attached hydrogen (secondary N) is 1. The van der Waals surface area contributed by atoms with Crippen molar-refractivity contribution in [2.24, 2.45) is 0 Å². The Morgan fingerprint density at radius 2 is 1.82 bits per heavy atom. The van der Waals surface area contributed by atoms with Crippen LogP contribution in [0.5, 0.6) is 0 Å². The van der Waals surface area contributed by atoms with Crippen LogP contribution in [0, 0.1) is 6.92 Å². The molecule has 0 aliphatic heterocycles. The van der Waals surface area contributed by atoms with Gasteiger partial charge in [-0.25, -0.2) is 9.78 Å². The van der Waals surface area contributed by atoms with E-state index in [1.165, 1.54) is 0 Å². The fourth-order valence-corrected chi connectivity index (χ4v) is 2.67. The van der Waals surface area contributed by atoms with E-state index < -0.39 is 5.97 Å². The van der Waals surface area contributed by atoms with Crippen LogP contribution < -0.4 is 5.32 Å². The number of hydrogen-bond acceptors (Lipinski definition) is 5. The van der Waals surface area contributed by atoms with E-state index in [1.807, 2.05) is 45.0 Å². The maximum atomic E-state index is 12.5. The molecule has 0 unspecified atom stereocenters. The van der Waals surface area contributed by atoms with Crippen LogP contribution in [0.25, 0.3) is 22.8 Å². The van der Waals surface area contributed by atoms with Crippen molar-refractivity contribution in [1.82, 2.24) is 10.3 Å². The zero-order chi connectivity index (χ0) is 20.1. The first-order valence-electron chi connectivity index (χ1n) is 9.03. The molecule has 144 valence electrons. The number of aryl methyl sites for hydroxylation is 1. The number of amides is 1. The average Bonchev–Trinajstić information content (AvgIpc) is 3.16. The van der Waals surface area contributed by atoms with Crippen molar-refractivity contribution in [3.8, 4) is 22.8 Å². The van der Waals surface area contributed by atoms with Gasteiger partial charge >= 0.3 is 5.97 Å². The van der Waals surface area contributed by atoms with Crippen LogP contribution in [-0.2, 0) is 9.53 Å². The van der Waals surface area contributed by atoms with Crippen molar-refractivity contribution >= 4 is 11.9 Å². The van der Waals surface area contributed by atoms with Gasteiger partial charge in [-0.1, -0.05) is 42.0 Å². The van der Waals surface area contributed by atoms with E-state index in [1.54, 1.807) is 30.5 Å². The van der Waals surface area contributed by atoms with Gasteiger partial charge in [-0.2, -0.15) is 0 Å². The maximum Gasteiger partial charge on any atom is 0.339 e. The van der Waals surface area contributed by atoms with Gasteiger partial charge in [0, 0.05) is 11.6 Å². The Morgan fingerprint density at radius 1 is 1.11 bits per heavy atom. The van der Waals surface area contributed by atoms with E-state index in [-0.39, 0.29) is 24.1 Å². The summed E-state index contributed by atoms with van der Waals surface area (Å²) < 4.78 is 11.0. The summed E-state index contributed by atoms with van der Waals surface area (Å²) in [5, 5.41) is 2.67. The molecule has 6 heteroatoms. The SMILES string of the molecule is Cc1ccc(-c2cnc(-c3ccccc3C(=O)OCC(=O)NC(C)C)o2)cc1. The van der Waals surface area contributed by atoms with E-state index in [0.717, 1.165) is 11.1 Å². The summed E-state index contributed by atoms with van der Waals surface area (Å²) in [4.78, 5) is 28.5. The monoisotopic (exact) mass is 378 g/mol. The zero-order valence-corrected chi connectivity index (χ0v) is 16.1. The van der Waals surface area contributed by atoms with Gasteiger partial charge in [-0.15, -0.1) is 0 Å². The highest BCUT2D eigenvalue weighted by molar-refractivity contribution is 5.97. The van der Waals surface area contributed by atoms with Crippen molar-refractivity contribution in [3.05, 3.63) is 65.9 Å². The topological polar surface area (TPSA) is 81.4 Å². The molecule has 0 aliphatic carbocycles. The first-order chi connectivity index (χ1) is 13.4. The van der Waals surface area contributed by atoms with Crippen LogP contribution in [0.15, 0.2) is 59.1 Å². The van der Waals surface area contributed by atoms with Gasteiger partial charge < -0.3 is 14.5 Å². The molecule has 28 heavy (non-hydrogen) atoms. The molecule has 2 aromatic carbocycles. The van der Waals surface area contributed by atoms with E-state index >= 15 is 0 Å². The fraction of sp³-hybridized carbons (Fsp3) is 0.227. The molecule has 0 fully saturated rings. The molecule has 1 heterocycles. The lowest BCUT2D eigenvalue weighted by Gasteiger charge is -2.10. The number of esters is 1. The number of ether oxygens (including phenoxy) is 1. The summed E-state index contributed by atoms with van der Waals surface area (Å²) >= 11 is 0. The lowest BCUT2D eigenvalue weighted by molar-refractivity contribution is -0.124. The molecule has 0 radical (unpaired) electrons. The third-order valence-corrected chi connectivity index (χ3v) is 4.00. The molecule has 6 nitrogen and oxygen atoms in total. The van der Waals surface area contributed by atoms with Crippen molar-refractivity contribution in [2.75, 3.05) is 6.61 Å². The minimum atomic E-state index is -0.607. The summed E-state index contributed by atoms with van der Waals surface area (Å²) in [7, 11) is 0. The third kappa shape index (κ3) is 4.65.